The standard InChI is InChI=1S/C15H15N3O5S/c1-9(2)22-14(17-13-15(18(20)21)24-8-16-13)11-6-4-5-7-12(11)23-10(3)19/h4-9H,1-3H3/b17-14-. The van der Waals surface area contributed by atoms with E-state index in [9.17, 15) is 14.9 Å². The molecule has 1 aromatic heterocycles. The second-order valence-corrected chi connectivity index (χ2v) is 5.74. The predicted molar refractivity (Wildman–Crippen MR) is 88.9 cm³/mol. The minimum absolute atomic E-state index is 0.0571. The number of benzene rings is 1. The van der Waals surface area contributed by atoms with Crippen LogP contribution in [0.2, 0.25) is 0 Å². The summed E-state index contributed by atoms with van der Waals surface area (Å²) in [5.74, 6) is -0.206. The molecule has 1 heterocycles. The lowest BCUT2D eigenvalue weighted by Gasteiger charge is -2.14. The molecular weight excluding hydrogens is 334 g/mol. The number of thiazole rings is 1. The largest absolute Gasteiger partial charge is 0.474 e. The van der Waals surface area contributed by atoms with Crippen LogP contribution < -0.4 is 4.74 Å². The Morgan fingerprint density at radius 3 is 2.71 bits per heavy atom. The minimum Gasteiger partial charge on any atom is -0.474 e. The van der Waals surface area contributed by atoms with Gasteiger partial charge < -0.3 is 9.47 Å². The van der Waals surface area contributed by atoms with E-state index in [0.717, 1.165) is 11.3 Å². The van der Waals surface area contributed by atoms with Gasteiger partial charge in [-0.15, -0.1) is 0 Å². The fourth-order valence-corrected chi connectivity index (χ4v) is 2.33. The number of hydrogen-bond donors (Lipinski definition) is 0. The van der Waals surface area contributed by atoms with Crippen molar-refractivity contribution < 1.29 is 19.2 Å². The lowest BCUT2D eigenvalue weighted by molar-refractivity contribution is -0.379. The van der Waals surface area contributed by atoms with E-state index in [4.69, 9.17) is 9.47 Å². The molecule has 0 bridgehead atoms. The van der Waals surface area contributed by atoms with Gasteiger partial charge in [0.05, 0.1) is 22.1 Å². The summed E-state index contributed by atoms with van der Waals surface area (Å²) in [6.45, 7) is 4.86. The Hall–Kier alpha value is -2.81. The number of para-hydroxylation sites is 1. The SMILES string of the molecule is CC(=O)Oc1ccccc1/C(=N/c1ncsc1[N+](=O)[O-])OC(C)C. The van der Waals surface area contributed by atoms with Gasteiger partial charge in [0.15, 0.2) is 0 Å². The quantitative estimate of drug-likeness (QED) is 0.204. The Morgan fingerprint density at radius 1 is 1.38 bits per heavy atom. The molecule has 0 unspecified atom stereocenters. The number of carbonyl (C=O) groups is 1. The third kappa shape index (κ3) is 4.35. The van der Waals surface area contributed by atoms with Gasteiger partial charge in [-0.25, -0.2) is 4.98 Å². The fourth-order valence-electron chi connectivity index (χ4n) is 1.79. The molecular formula is C15H15N3O5S. The third-order valence-electron chi connectivity index (χ3n) is 2.62. The molecule has 8 nitrogen and oxygen atoms in total. The van der Waals surface area contributed by atoms with Crippen LogP contribution in [0.5, 0.6) is 5.75 Å². The van der Waals surface area contributed by atoms with Crippen LogP contribution in [-0.4, -0.2) is 27.9 Å². The number of carbonyl (C=O) groups excluding carboxylic acids is 1. The zero-order valence-corrected chi connectivity index (χ0v) is 14.1. The normalized spacial score (nSPS) is 11.4. The van der Waals surface area contributed by atoms with Crippen molar-refractivity contribution in [3.05, 3.63) is 45.5 Å². The van der Waals surface area contributed by atoms with E-state index in [1.165, 1.54) is 12.4 Å². The number of nitrogens with zero attached hydrogens (tertiary/aromatic N) is 3. The highest BCUT2D eigenvalue weighted by atomic mass is 32.1. The number of hydrogen-bond acceptors (Lipinski definition) is 8. The van der Waals surface area contributed by atoms with Crippen LogP contribution in [0.1, 0.15) is 26.3 Å². The van der Waals surface area contributed by atoms with Crippen molar-refractivity contribution in [2.24, 2.45) is 4.99 Å². The van der Waals surface area contributed by atoms with E-state index >= 15 is 0 Å². The summed E-state index contributed by atoms with van der Waals surface area (Å²) in [7, 11) is 0. The van der Waals surface area contributed by atoms with Crippen molar-refractivity contribution >= 4 is 34.0 Å². The number of aromatic nitrogens is 1. The van der Waals surface area contributed by atoms with Crippen LogP contribution in [-0.2, 0) is 9.53 Å². The molecule has 0 aliphatic rings. The Labute approximate surface area is 141 Å². The van der Waals surface area contributed by atoms with Gasteiger partial charge in [0.25, 0.3) is 0 Å². The smallest absolute Gasteiger partial charge is 0.370 e. The number of nitro groups is 1. The molecule has 9 heteroatoms. The summed E-state index contributed by atoms with van der Waals surface area (Å²) in [5, 5.41) is 10.8. The lowest BCUT2D eigenvalue weighted by Crippen LogP contribution is -2.15. The number of esters is 1. The summed E-state index contributed by atoms with van der Waals surface area (Å²) in [6.07, 6.45) is -0.244. The zero-order valence-electron chi connectivity index (χ0n) is 13.3. The van der Waals surface area contributed by atoms with Crippen LogP contribution >= 0.6 is 11.3 Å². The second-order valence-electron chi connectivity index (χ2n) is 4.91. The molecule has 0 saturated heterocycles. The maximum atomic E-state index is 11.3. The summed E-state index contributed by atoms with van der Waals surface area (Å²) in [4.78, 5) is 29.8. The molecule has 0 N–H and O–H groups in total. The minimum atomic E-state index is -0.554. The fraction of sp³-hybridized carbons (Fsp3) is 0.267. The number of ether oxygens (including phenoxy) is 2. The molecule has 0 saturated carbocycles. The van der Waals surface area contributed by atoms with E-state index in [0.29, 0.717) is 5.56 Å². The molecule has 0 fully saturated rings. The molecule has 1 aromatic carbocycles. The van der Waals surface area contributed by atoms with Crippen LogP contribution in [0, 0.1) is 10.1 Å². The summed E-state index contributed by atoms with van der Waals surface area (Å²) >= 11 is 0.870. The molecule has 0 atom stereocenters. The molecule has 0 amide bonds. The van der Waals surface area contributed by atoms with Gasteiger partial charge in [-0.1, -0.05) is 12.1 Å². The average Bonchev–Trinajstić information content (AvgIpc) is 2.94. The molecule has 126 valence electrons. The van der Waals surface area contributed by atoms with Gasteiger partial charge in [0, 0.05) is 6.92 Å². The van der Waals surface area contributed by atoms with Crippen molar-refractivity contribution in [3.8, 4) is 5.75 Å². The van der Waals surface area contributed by atoms with Crippen molar-refractivity contribution in [1.29, 1.82) is 0 Å². The Bertz CT molecular complexity index is 785. The van der Waals surface area contributed by atoms with E-state index < -0.39 is 10.9 Å². The Morgan fingerprint density at radius 2 is 2.08 bits per heavy atom. The van der Waals surface area contributed by atoms with E-state index in [-0.39, 0.29) is 28.6 Å². The molecule has 0 aliphatic heterocycles. The van der Waals surface area contributed by atoms with Crippen molar-refractivity contribution in [2.75, 3.05) is 0 Å². The molecule has 2 rings (SSSR count). The topological polar surface area (TPSA) is 104 Å². The first-order chi connectivity index (χ1) is 11.4. The second kappa shape index (κ2) is 7.64. The van der Waals surface area contributed by atoms with Crippen LogP contribution in [0.15, 0.2) is 34.8 Å². The summed E-state index contributed by atoms with van der Waals surface area (Å²) < 4.78 is 10.8. The van der Waals surface area contributed by atoms with Gasteiger partial charge in [-0.2, -0.15) is 4.99 Å². The van der Waals surface area contributed by atoms with E-state index in [1.807, 2.05) is 0 Å². The van der Waals surface area contributed by atoms with Gasteiger partial charge in [-0.05, 0) is 37.3 Å². The first-order valence-corrected chi connectivity index (χ1v) is 7.87. The van der Waals surface area contributed by atoms with Gasteiger partial charge in [0.1, 0.15) is 5.75 Å². The molecule has 0 radical (unpaired) electrons. The van der Waals surface area contributed by atoms with Crippen LogP contribution in [0.25, 0.3) is 0 Å². The van der Waals surface area contributed by atoms with E-state index in [1.54, 1.807) is 38.1 Å². The monoisotopic (exact) mass is 349 g/mol. The van der Waals surface area contributed by atoms with Crippen molar-refractivity contribution in [1.82, 2.24) is 4.98 Å². The first kappa shape index (κ1) is 17.5. The maximum Gasteiger partial charge on any atom is 0.370 e. The maximum absolute atomic E-state index is 11.3. The summed E-state index contributed by atoms with van der Waals surface area (Å²) in [5.41, 5.74) is 1.74. The Kier molecular flexibility index (Phi) is 5.59. The van der Waals surface area contributed by atoms with E-state index in [2.05, 4.69) is 9.98 Å². The molecule has 0 aliphatic carbocycles. The lowest BCUT2D eigenvalue weighted by atomic mass is 10.2. The molecule has 24 heavy (non-hydrogen) atoms. The number of aliphatic imine (C=N–C) groups is 1. The highest BCUT2D eigenvalue weighted by molar-refractivity contribution is 7.13. The zero-order chi connectivity index (χ0) is 17.7. The third-order valence-corrected chi connectivity index (χ3v) is 3.39. The van der Waals surface area contributed by atoms with Gasteiger partial charge >= 0.3 is 11.0 Å². The van der Waals surface area contributed by atoms with Crippen LogP contribution in [0.4, 0.5) is 10.8 Å². The average molecular weight is 349 g/mol. The van der Waals surface area contributed by atoms with Crippen molar-refractivity contribution in [3.63, 3.8) is 0 Å². The highest BCUT2D eigenvalue weighted by Gasteiger charge is 2.21. The number of rotatable bonds is 5. The van der Waals surface area contributed by atoms with Gasteiger partial charge in [0.2, 0.25) is 11.7 Å². The predicted octanol–water partition coefficient (Wildman–Crippen LogP) is 3.48. The summed E-state index contributed by atoms with van der Waals surface area (Å²) in [6, 6.07) is 6.65. The first-order valence-electron chi connectivity index (χ1n) is 6.99. The Balaban J connectivity index is 2.54. The highest BCUT2D eigenvalue weighted by Crippen LogP contribution is 2.32. The van der Waals surface area contributed by atoms with Crippen LogP contribution in [0.3, 0.4) is 0 Å². The van der Waals surface area contributed by atoms with Gasteiger partial charge in [-0.3, -0.25) is 14.9 Å². The molecule has 2 aromatic rings. The van der Waals surface area contributed by atoms with Crippen molar-refractivity contribution in [2.45, 2.75) is 26.9 Å². The molecule has 0 spiro atoms.